The molecule has 19 heavy (non-hydrogen) atoms. The van der Waals surface area contributed by atoms with Crippen molar-refractivity contribution in [3.8, 4) is 11.5 Å². The quantitative estimate of drug-likeness (QED) is 0.829. The highest BCUT2D eigenvalue weighted by atomic mass is 16.5. The summed E-state index contributed by atoms with van der Waals surface area (Å²) < 4.78 is 5.76. The minimum absolute atomic E-state index is 0.281. The van der Waals surface area contributed by atoms with Crippen molar-refractivity contribution in [1.29, 1.82) is 0 Å². The number of nitrogens with one attached hydrogen (secondary N) is 1. The fourth-order valence-electron chi connectivity index (χ4n) is 1.72. The second-order valence-electron chi connectivity index (χ2n) is 4.51. The zero-order valence-corrected chi connectivity index (χ0v) is 11.0. The summed E-state index contributed by atoms with van der Waals surface area (Å²) in [6, 6.07) is 17.5. The summed E-state index contributed by atoms with van der Waals surface area (Å²) in [6.07, 6.45) is 0.445. The van der Waals surface area contributed by atoms with E-state index in [2.05, 4.69) is 5.32 Å². The van der Waals surface area contributed by atoms with Crippen molar-refractivity contribution < 1.29 is 9.84 Å². The zero-order valence-electron chi connectivity index (χ0n) is 11.0. The second-order valence-corrected chi connectivity index (χ2v) is 4.51. The molecule has 0 radical (unpaired) electrons. The molecule has 3 nitrogen and oxygen atoms in total. The highest BCUT2D eigenvalue weighted by Crippen LogP contribution is 2.23. The molecule has 0 amide bonds. The van der Waals surface area contributed by atoms with Gasteiger partial charge in [-0.1, -0.05) is 24.3 Å². The van der Waals surface area contributed by atoms with Crippen molar-refractivity contribution in [3.05, 3.63) is 54.6 Å². The smallest absolute Gasteiger partial charge is 0.129 e. The number of hydrogen-bond acceptors (Lipinski definition) is 3. The number of rotatable bonds is 6. The molecule has 0 bridgehead atoms. The maximum absolute atomic E-state index is 9.22. The Hall–Kier alpha value is -2.00. The number of ether oxygens (including phenoxy) is 1. The van der Waals surface area contributed by atoms with Crippen LogP contribution in [-0.2, 0) is 0 Å². The van der Waals surface area contributed by atoms with Gasteiger partial charge < -0.3 is 15.2 Å². The van der Waals surface area contributed by atoms with Crippen LogP contribution in [0.1, 0.15) is 13.3 Å². The first kappa shape index (κ1) is 13.4. The molecule has 0 aromatic heterocycles. The Balaban J connectivity index is 1.95. The monoisotopic (exact) mass is 257 g/mol. The van der Waals surface area contributed by atoms with E-state index < -0.39 is 0 Å². The fourth-order valence-corrected chi connectivity index (χ4v) is 1.72. The summed E-state index contributed by atoms with van der Waals surface area (Å²) in [4.78, 5) is 0. The van der Waals surface area contributed by atoms with E-state index in [0.717, 1.165) is 30.2 Å². The van der Waals surface area contributed by atoms with E-state index in [0.29, 0.717) is 0 Å². The SMILES string of the molecule is CC(O)CCNc1cccc(Oc2ccccc2)c1. The Morgan fingerprint density at radius 1 is 1.05 bits per heavy atom. The summed E-state index contributed by atoms with van der Waals surface area (Å²) >= 11 is 0. The predicted octanol–water partition coefficient (Wildman–Crippen LogP) is 3.66. The largest absolute Gasteiger partial charge is 0.457 e. The molecule has 3 heteroatoms. The van der Waals surface area contributed by atoms with Gasteiger partial charge in [-0.25, -0.2) is 0 Å². The van der Waals surface area contributed by atoms with Crippen LogP contribution in [0.15, 0.2) is 54.6 Å². The minimum Gasteiger partial charge on any atom is -0.457 e. The molecule has 2 aromatic carbocycles. The number of para-hydroxylation sites is 1. The first-order chi connectivity index (χ1) is 9.24. The van der Waals surface area contributed by atoms with Gasteiger partial charge in [0.1, 0.15) is 11.5 Å². The van der Waals surface area contributed by atoms with Gasteiger partial charge in [0.25, 0.3) is 0 Å². The van der Waals surface area contributed by atoms with Gasteiger partial charge in [0.2, 0.25) is 0 Å². The molecule has 0 saturated heterocycles. The third-order valence-electron chi connectivity index (χ3n) is 2.70. The summed E-state index contributed by atoms with van der Waals surface area (Å²) in [7, 11) is 0. The van der Waals surface area contributed by atoms with Crippen LogP contribution in [0.3, 0.4) is 0 Å². The molecular formula is C16H19NO2. The van der Waals surface area contributed by atoms with Crippen molar-refractivity contribution in [2.24, 2.45) is 0 Å². The summed E-state index contributed by atoms with van der Waals surface area (Å²) in [5.41, 5.74) is 0.995. The number of hydrogen-bond donors (Lipinski definition) is 2. The summed E-state index contributed by atoms with van der Waals surface area (Å²) in [6.45, 7) is 2.53. The van der Waals surface area contributed by atoms with Crippen molar-refractivity contribution in [1.82, 2.24) is 0 Å². The standard InChI is InChI=1S/C16H19NO2/c1-13(18)10-11-17-14-6-5-9-16(12-14)19-15-7-3-2-4-8-15/h2-9,12-13,17-18H,10-11H2,1H3. The predicted molar refractivity (Wildman–Crippen MR) is 77.7 cm³/mol. The van der Waals surface area contributed by atoms with Crippen LogP contribution in [0.4, 0.5) is 5.69 Å². The molecule has 100 valence electrons. The zero-order chi connectivity index (χ0) is 13.5. The van der Waals surface area contributed by atoms with Gasteiger partial charge in [0.15, 0.2) is 0 Å². The Labute approximate surface area is 113 Å². The van der Waals surface area contributed by atoms with E-state index in [9.17, 15) is 5.11 Å². The number of aliphatic hydroxyl groups excluding tert-OH is 1. The van der Waals surface area contributed by atoms with E-state index in [1.54, 1.807) is 6.92 Å². The number of anilines is 1. The lowest BCUT2D eigenvalue weighted by Crippen LogP contribution is -2.09. The molecule has 0 aliphatic heterocycles. The highest BCUT2D eigenvalue weighted by molar-refractivity contribution is 5.49. The summed E-state index contributed by atoms with van der Waals surface area (Å²) in [5.74, 6) is 1.62. The first-order valence-electron chi connectivity index (χ1n) is 6.49. The molecular weight excluding hydrogens is 238 g/mol. The molecule has 0 spiro atoms. The maximum Gasteiger partial charge on any atom is 0.129 e. The van der Waals surface area contributed by atoms with Crippen molar-refractivity contribution >= 4 is 5.69 Å². The van der Waals surface area contributed by atoms with Crippen LogP contribution in [0.25, 0.3) is 0 Å². The molecule has 0 aliphatic carbocycles. The number of aliphatic hydroxyl groups is 1. The van der Waals surface area contributed by atoms with Crippen LogP contribution in [0.2, 0.25) is 0 Å². The van der Waals surface area contributed by atoms with Gasteiger partial charge in [-0.2, -0.15) is 0 Å². The van der Waals surface area contributed by atoms with Crippen LogP contribution in [0.5, 0.6) is 11.5 Å². The topological polar surface area (TPSA) is 41.5 Å². The molecule has 0 heterocycles. The van der Waals surface area contributed by atoms with Gasteiger partial charge in [-0.3, -0.25) is 0 Å². The van der Waals surface area contributed by atoms with E-state index in [1.165, 1.54) is 0 Å². The molecule has 2 aromatic rings. The second kappa shape index (κ2) is 6.81. The summed E-state index contributed by atoms with van der Waals surface area (Å²) in [5, 5.41) is 12.5. The fraction of sp³-hybridized carbons (Fsp3) is 0.250. The Kier molecular flexibility index (Phi) is 4.81. The van der Waals surface area contributed by atoms with Gasteiger partial charge in [-0.15, -0.1) is 0 Å². The molecule has 2 rings (SSSR count). The normalized spacial score (nSPS) is 11.9. The Bertz CT molecular complexity index is 497. The molecule has 1 atom stereocenters. The van der Waals surface area contributed by atoms with Gasteiger partial charge in [0.05, 0.1) is 6.10 Å². The number of benzene rings is 2. The van der Waals surface area contributed by atoms with Crippen LogP contribution < -0.4 is 10.1 Å². The average molecular weight is 257 g/mol. The Morgan fingerprint density at radius 3 is 2.53 bits per heavy atom. The van der Waals surface area contributed by atoms with Gasteiger partial charge in [-0.05, 0) is 37.6 Å². The first-order valence-corrected chi connectivity index (χ1v) is 6.49. The van der Waals surface area contributed by atoms with Crippen molar-refractivity contribution in [2.75, 3.05) is 11.9 Å². The minimum atomic E-state index is -0.281. The van der Waals surface area contributed by atoms with E-state index in [4.69, 9.17) is 4.74 Å². The lowest BCUT2D eigenvalue weighted by molar-refractivity contribution is 0.189. The van der Waals surface area contributed by atoms with Crippen LogP contribution >= 0.6 is 0 Å². The molecule has 0 saturated carbocycles. The average Bonchev–Trinajstić information content (AvgIpc) is 2.40. The van der Waals surface area contributed by atoms with Crippen molar-refractivity contribution in [3.63, 3.8) is 0 Å². The highest BCUT2D eigenvalue weighted by Gasteiger charge is 1.99. The third kappa shape index (κ3) is 4.64. The van der Waals surface area contributed by atoms with Gasteiger partial charge >= 0.3 is 0 Å². The lowest BCUT2D eigenvalue weighted by atomic mass is 10.2. The third-order valence-corrected chi connectivity index (χ3v) is 2.70. The molecule has 2 N–H and O–H groups in total. The molecule has 0 fully saturated rings. The van der Waals surface area contributed by atoms with Crippen LogP contribution in [0, 0.1) is 0 Å². The maximum atomic E-state index is 9.22. The van der Waals surface area contributed by atoms with Crippen molar-refractivity contribution in [2.45, 2.75) is 19.4 Å². The van der Waals surface area contributed by atoms with Crippen LogP contribution in [-0.4, -0.2) is 17.8 Å². The molecule has 1 unspecified atom stereocenters. The van der Waals surface area contributed by atoms with E-state index in [1.807, 2.05) is 54.6 Å². The molecule has 0 aliphatic rings. The van der Waals surface area contributed by atoms with E-state index >= 15 is 0 Å². The van der Waals surface area contributed by atoms with Gasteiger partial charge in [0, 0.05) is 18.3 Å². The lowest BCUT2D eigenvalue weighted by Gasteiger charge is -2.10. The van der Waals surface area contributed by atoms with E-state index in [-0.39, 0.29) is 6.10 Å². The Morgan fingerprint density at radius 2 is 1.79 bits per heavy atom.